The molecule has 1 aliphatic heterocycles. The largest absolute Gasteiger partial charge is 0.271 e. The zero-order valence-electron chi connectivity index (χ0n) is 12.3. The number of nitrogens with zero attached hydrogens (tertiary/aromatic N) is 4. The fourth-order valence-electron chi connectivity index (χ4n) is 2.70. The molecule has 0 radical (unpaired) electrons. The molecule has 21 heavy (non-hydrogen) atoms. The van der Waals surface area contributed by atoms with E-state index in [0.29, 0.717) is 29.4 Å². The van der Waals surface area contributed by atoms with Crippen LogP contribution in [0.5, 0.6) is 0 Å². The van der Waals surface area contributed by atoms with Crippen LogP contribution in [0.1, 0.15) is 23.0 Å². The molecule has 0 N–H and O–H groups in total. The Bertz CT molecular complexity index is 762. The molecule has 2 aromatic heterocycles. The minimum absolute atomic E-state index is 0.179. The van der Waals surface area contributed by atoms with Crippen molar-refractivity contribution in [1.29, 1.82) is 0 Å². The van der Waals surface area contributed by atoms with E-state index in [1.54, 1.807) is 31.8 Å². The molecule has 1 fully saturated rings. The van der Waals surface area contributed by atoms with Crippen molar-refractivity contribution in [1.82, 2.24) is 19.1 Å². The molecule has 0 saturated carbocycles. The predicted octanol–water partition coefficient (Wildman–Crippen LogP) is 1.22. The molecule has 112 valence electrons. The van der Waals surface area contributed by atoms with E-state index in [0.717, 1.165) is 5.69 Å². The van der Waals surface area contributed by atoms with E-state index >= 15 is 0 Å². The molecule has 1 saturated heterocycles. The molecule has 0 amide bonds. The van der Waals surface area contributed by atoms with Crippen LogP contribution in [0.3, 0.4) is 0 Å². The summed E-state index contributed by atoms with van der Waals surface area (Å²) in [7, 11) is -1.70. The van der Waals surface area contributed by atoms with E-state index in [4.69, 9.17) is 0 Å². The monoisotopic (exact) mass is 306 g/mol. The van der Waals surface area contributed by atoms with Crippen molar-refractivity contribution in [2.75, 3.05) is 13.1 Å². The quantitative estimate of drug-likeness (QED) is 0.855. The molecule has 2 aromatic rings. The molecule has 0 spiro atoms. The van der Waals surface area contributed by atoms with Crippen molar-refractivity contribution < 1.29 is 8.42 Å². The van der Waals surface area contributed by atoms with Crippen LogP contribution in [0, 0.1) is 13.8 Å². The zero-order chi connectivity index (χ0) is 15.2. The van der Waals surface area contributed by atoms with Gasteiger partial charge in [-0.05, 0) is 26.0 Å². The van der Waals surface area contributed by atoms with Crippen molar-refractivity contribution in [2.24, 2.45) is 7.05 Å². The summed E-state index contributed by atoms with van der Waals surface area (Å²) in [5.41, 5.74) is 2.17. The number of pyridine rings is 1. The van der Waals surface area contributed by atoms with E-state index < -0.39 is 10.0 Å². The van der Waals surface area contributed by atoms with Gasteiger partial charge in [0.15, 0.2) is 0 Å². The van der Waals surface area contributed by atoms with Gasteiger partial charge in [-0.25, -0.2) is 8.42 Å². The van der Waals surface area contributed by atoms with Crippen LogP contribution in [-0.4, -0.2) is 40.6 Å². The standard InChI is InChI=1S/C14H18N4O2S/c1-10-14(11(2)17(3)16-10)21(19,20)18-8-12(9-18)13-6-4-5-7-15-13/h4-7,12H,8-9H2,1-3H3. The third-order valence-electron chi connectivity index (χ3n) is 3.99. The molecule has 1 aliphatic rings. The fraction of sp³-hybridized carbons (Fsp3) is 0.429. The first kappa shape index (κ1) is 14.2. The molecule has 3 heterocycles. The van der Waals surface area contributed by atoms with Crippen molar-refractivity contribution in [3.63, 3.8) is 0 Å². The molecule has 0 bridgehead atoms. The maximum atomic E-state index is 12.7. The van der Waals surface area contributed by atoms with Crippen molar-refractivity contribution in [2.45, 2.75) is 24.7 Å². The smallest absolute Gasteiger partial charge is 0.246 e. The molecular formula is C14H18N4O2S. The highest BCUT2D eigenvalue weighted by atomic mass is 32.2. The number of sulfonamides is 1. The summed E-state index contributed by atoms with van der Waals surface area (Å²) in [5, 5.41) is 4.19. The third-order valence-corrected chi connectivity index (χ3v) is 6.08. The first-order chi connectivity index (χ1) is 9.91. The lowest BCUT2D eigenvalue weighted by molar-refractivity contribution is 0.260. The third kappa shape index (κ3) is 2.26. The van der Waals surface area contributed by atoms with Gasteiger partial charge in [-0.15, -0.1) is 0 Å². The second-order valence-electron chi connectivity index (χ2n) is 5.40. The average Bonchev–Trinajstić information content (AvgIpc) is 2.62. The maximum Gasteiger partial charge on any atom is 0.246 e. The Balaban J connectivity index is 1.83. The number of hydrogen-bond donors (Lipinski definition) is 0. The molecule has 0 unspecified atom stereocenters. The lowest BCUT2D eigenvalue weighted by atomic mass is 9.99. The van der Waals surface area contributed by atoms with Gasteiger partial charge in [-0.1, -0.05) is 6.07 Å². The van der Waals surface area contributed by atoms with Crippen LogP contribution in [0.15, 0.2) is 29.3 Å². The summed E-state index contributed by atoms with van der Waals surface area (Å²) in [5.74, 6) is 0.179. The van der Waals surface area contributed by atoms with Gasteiger partial charge in [-0.2, -0.15) is 9.40 Å². The van der Waals surface area contributed by atoms with Gasteiger partial charge in [0.1, 0.15) is 4.90 Å². The molecule has 0 aliphatic carbocycles. The summed E-state index contributed by atoms with van der Waals surface area (Å²) in [6.07, 6.45) is 1.74. The SMILES string of the molecule is Cc1nn(C)c(C)c1S(=O)(=O)N1CC(c2ccccn2)C1. The Morgan fingerprint density at radius 1 is 1.24 bits per heavy atom. The van der Waals surface area contributed by atoms with Crippen LogP contribution >= 0.6 is 0 Å². The van der Waals surface area contributed by atoms with Crippen molar-refractivity contribution in [3.05, 3.63) is 41.5 Å². The Hall–Kier alpha value is -1.73. The van der Waals surface area contributed by atoms with Crippen LogP contribution in [0.2, 0.25) is 0 Å². The normalized spacial score (nSPS) is 16.9. The highest BCUT2D eigenvalue weighted by Crippen LogP contribution is 2.32. The average molecular weight is 306 g/mol. The van der Waals surface area contributed by atoms with Gasteiger partial charge in [0.25, 0.3) is 0 Å². The minimum atomic E-state index is -3.46. The number of hydrogen-bond acceptors (Lipinski definition) is 4. The molecule has 0 atom stereocenters. The van der Waals surface area contributed by atoms with E-state index in [1.165, 1.54) is 4.31 Å². The van der Waals surface area contributed by atoms with E-state index in [9.17, 15) is 8.42 Å². The van der Waals surface area contributed by atoms with Crippen LogP contribution < -0.4 is 0 Å². The molecule has 0 aromatic carbocycles. The van der Waals surface area contributed by atoms with E-state index in [1.807, 2.05) is 18.2 Å². The molecule has 7 heteroatoms. The van der Waals surface area contributed by atoms with Crippen LogP contribution in [0.25, 0.3) is 0 Å². The Kier molecular flexibility index (Phi) is 3.33. The summed E-state index contributed by atoms with van der Waals surface area (Å²) >= 11 is 0. The Labute approximate surface area is 124 Å². The minimum Gasteiger partial charge on any atom is -0.271 e. The lowest BCUT2D eigenvalue weighted by Crippen LogP contribution is -2.48. The second kappa shape index (κ2) is 4.92. The van der Waals surface area contributed by atoms with Crippen molar-refractivity contribution in [3.8, 4) is 0 Å². The molecule has 6 nitrogen and oxygen atoms in total. The highest BCUT2D eigenvalue weighted by Gasteiger charge is 2.40. The highest BCUT2D eigenvalue weighted by molar-refractivity contribution is 7.89. The first-order valence-corrected chi connectivity index (χ1v) is 8.26. The number of rotatable bonds is 3. The topological polar surface area (TPSA) is 68.1 Å². The Morgan fingerprint density at radius 2 is 1.95 bits per heavy atom. The number of aromatic nitrogens is 3. The summed E-state index contributed by atoms with van der Waals surface area (Å²) in [6, 6.07) is 5.73. The Morgan fingerprint density at radius 3 is 2.48 bits per heavy atom. The lowest BCUT2D eigenvalue weighted by Gasteiger charge is -2.37. The first-order valence-electron chi connectivity index (χ1n) is 6.82. The van der Waals surface area contributed by atoms with E-state index in [2.05, 4.69) is 10.1 Å². The maximum absolute atomic E-state index is 12.7. The van der Waals surface area contributed by atoms with Crippen LogP contribution in [-0.2, 0) is 17.1 Å². The molecule has 3 rings (SSSR count). The van der Waals surface area contributed by atoms with Gasteiger partial charge in [-0.3, -0.25) is 9.67 Å². The van der Waals surface area contributed by atoms with E-state index in [-0.39, 0.29) is 5.92 Å². The van der Waals surface area contributed by atoms with Gasteiger partial charge < -0.3 is 0 Å². The van der Waals surface area contributed by atoms with Gasteiger partial charge in [0, 0.05) is 37.9 Å². The predicted molar refractivity (Wildman–Crippen MR) is 78.4 cm³/mol. The molecular weight excluding hydrogens is 288 g/mol. The fourth-order valence-corrected chi connectivity index (χ4v) is 4.63. The second-order valence-corrected chi connectivity index (χ2v) is 7.27. The number of aryl methyl sites for hydroxylation is 2. The van der Waals surface area contributed by atoms with Gasteiger partial charge in [0.05, 0.1) is 11.4 Å². The zero-order valence-corrected chi connectivity index (χ0v) is 13.1. The van der Waals surface area contributed by atoms with Crippen LogP contribution in [0.4, 0.5) is 0 Å². The summed E-state index contributed by atoms with van der Waals surface area (Å²) < 4.78 is 28.5. The summed E-state index contributed by atoms with van der Waals surface area (Å²) in [4.78, 5) is 4.63. The van der Waals surface area contributed by atoms with Gasteiger partial charge >= 0.3 is 0 Å². The van der Waals surface area contributed by atoms with Crippen molar-refractivity contribution >= 4 is 10.0 Å². The van der Waals surface area contributed by atoms with Gasteiger partial charge in [0.2, 0.25) is 10.0 Å². The summed E-state index contributed by atoms with van der Waals surface area (Å²) in [6.45, 7) is 4.47.